The van der Waals surface area contributed by atoms with Gasteiger partial charge in [0.15, 0.2) is 0 Å². The summed E-state index contributed by atoms with van der Waals surface area (Å²) in [5.41, 5.74) is 0.930. The van der Waals surface area contributed by atoms with Crippen molar-refractivity contribution in [3.05, 3.63) is 35.1 Å². The van der Waals surface area contributed by atoms with Gasteiger partial charge in [-0.3, -0.25) is 4.79 Å². The van der Waals surface area contributed by atoms with E-state index in [1.165, 1.54) is 6.07 Å². The second kappa shape index (κ2) is 4.01. The van der Waals surface area contributed by atoms with Gasteiger partial charge in [-0.1, -0.05) is 26.0 Å². The van der Waals surface area contributed by atoms with E-state index in [9.17, 15) is 9.18 Å². The number of aryl methyl sites for hydroxylation is 1. The van der Waals surface area contributed by atoms with Crippen LogP contribution in [-0.2, 0) is 10.2 Å². The van der Waals surface area contributed by atoms with E-state index in [1.54, 1.807) is 19.1 Å². The Labute approximate surface area is 88.7 Å². The minimum absolute atomic E-state index is 0.0398. The molecule has 0 aliphatic carbocycles. The normalized spacial score (nSPS) is 11.5. The average Bonchev–Trinajstić information content (AvgIpc) is 2.07. The van der Waals surface area contributed by atoms with Crippen LogP contribution in [0.3, 0.4) is 0 Å². The van der Waals surface area contributed by atoms with Crippen LogP contribution >= 0.6 is 0 Å². The fourth-order valence-corrected chi connectivity index (χ4v) is 1.55. The monoisotopic (exact) mass is 210 g/mol. The molecular weight excluding hydrogens is 195 g/mol. The molecule has 0 radical (unpaired) electrons. The van der Waals surface area contributed by atoms with Gasteiger partial charge < -0.3 is 5.11 Å². The van der Waals surface area contributed by atoms with Gasteiger partial charge in [0.1, 0.15) is 5.82 Å². The number of rotatable bonds is 3. The lowest BCUT2D eigenvalue weighted by Gasteiger charge is -2.23. The molecular formula is C12H15FO2. The van der Waals surface area contributed by atoms with Crippen LogP contribution in [0.4, 0.5) is 4.39 Å². The molecule has 1 N–H and O–H groups in total. The Morgan fingerprint density at radius 3 is 2.53 bits per heavy atom. The third kappa shape index (κ3) is 2.78. The van der Waals surface area contributed by atoms with E-state index in [0.717, 1.165) is 5.56 Å². The molecule has 0 saturated heterocycles. The van der Waals surface area contributed by atoms with Gasteiger partial charge in [0.25, 0.3) is 0 Å². The van der Waals surface area contributed by atoms with E-state index in [2.05, 4.69) is 0 Å². The highest BCUT2D eigenvalue weighted by Gasteiger charge is 2.24. The quantitative estimate of drug-likeness (QED) is 0.832. The predicted molar refractivity (Wildman–Crippen MR) is 56.4 cm³/mol. The molecule has 0 heterocycles. The molecule has 0 fully saturated rings. The predicted octanol–water partition coefficient (Wildman–Crippen LogP) is 2.89. The zero-order valence-corrected chi connectivity index (χ0v) is 9.17. The Morgan fingerprint density at radius 1 is 1.47 bits per heavy atom. The van der Waals surface area contributed by atoms with Crippen molar-refractivity contribution in [2.45, 2.75) is 32.6 Å². The van der Waals surface area contributed by atoms with E-state index in [-0.39, 0.29) is 12.2 Å². The molecule has 0 unspecified atom stereocenters. The molecule has 0 aliphatic rings. The van der Waals surface area contributed by atoms with E-state index >= 15 is 0 Å². The minimum Gasteiger partial charge on any atom is -0.481 e. The average molecular weight is 210 g/mol. The SMILES string of the molecule is Cc1cc(C(C)(C)CC(=O)O)ccc1F. The lowest BCUT2D eigenvalue weighted by Crippen LogP contribution is -2.21. The number of halogens is 1. The fourth-order valence-electron chi connectivity index (χ4n) is 1.55. The summed E-state index contributed by atoms with van der Waals surface area (Å²) in [4.78, 5) is 10.7. The van der Waals surface area contributed by atoms with Crippen molar-refractivity contribution < 1.29 is 14.3 Å². The molecule has 0 aromatic heterocycles. The van der Waals surface area contributed by atoms with Gasteiger partial charge in [-0.25, -0.2) is 4.39 Å². The highest BCUT2D eigenvalue weighted by Crippen LogP contribution is 2.28. The summed E-state index contributed by atoms with van der Waals surface area (Å²) >= 11 is 0. The van der Waals surface area contributed by atoms with Crippen molar-refractivity contribution in [3.8, 4) is 0 Å². The van der Waals surface area contributed by atoms with Gasteiger partial charge in [0.05, 0.1) is 6.42 Å². The first-order chi connectivity index (χ1) is 6.83. The molecule has 1 aromatic rings. The number of carbonyl (C=O) groups is 1. The number of hydrogen-bond donors (Lipinski definition) is 1. The number of carboxylic acid groups (broad SMARTS) is 1. The van der Waals surface area contributed by atoms with Gasteiger partial charge in [0, 0.05) is 5.41 Å². The second-order valence-electron chi connectivity index (χ2n) is 4.42. The lowest BCUT2D eigenvalue weighted by atomic mass is 9.81. The first-order valence-electron chi connectivity index (χ1n) is 4.81. The Morgan fingerprint density at radius 2 is 2.07 bits per heavy atom. The summed E-state index contributed by atoms with van der Waals surface area (Å²) in [6.07, 6.45) is 0.0398. The standard InChI is InChI=1S/C12H15FO2/c1-8-6-9(4-5-10(8)13)12(2,3)7-11(14)15/h4-6H,7H2,1-3H3,(H,14,15). The van der Waals surface area contributed by atoms with E-state index in [1.807, 2.05) is 13.8 Å². The van der Waals surface area contributed by atoms with Crippen molar-refractivity contribution >= 4 is 5.97 Å². The van der Waals surface area contributed by atoms with Crippen molar-refractivity contribution in [1.82, 2.24) is 0 Å². The maximum absolute atomic E-state index is 13.0. The van der Waals surface area contributed by atoms with Crippen molar-refractivity contribution in [3.63, 3.8) is 0 Å². The van der Waals surface area contributed by atoms with Crippen LogP contribution in [-0.4, -0.2) is 11.1 Å². The zero-order valence-electron chi connectivity index (χ0n) is 9.17. The smallest absolute Gasteiger partial charge is 0.304 e. The van der Waals surface area contributed by atoms with Crippen LogP contribution in [0.2, 0.25) is 0 Å². The van der Waals surface area contributed by atoms with E-state index < -0.39 is 11.4 Å². The fraction of sp³-hybridized carbons (Fsp3) is 0.417. The first kappa shape index (κ1) is 11.7. The molecule has 15 heavy (non-hydrogen) atoms. The van der Waals surface area contributed by atoms with Gasteiger partial charge in [-0.2, -0.15) is 0 Å². The Kier molecular flexibility index (Phi) is 3.12. The Balaban J connectivity index is 3.04. The number of carboxylic acids is 1. The van der Waals surface area contributed by atoms with Crippen LogP contribution < -0.4 is 0 Å². The first-order valence-corrected chi connectivity index (χ1v) is 4.81. The molecule has 0 amide bonds. The molecule has 82 valence electrons. The molecule has 3 heteroatoms. The van der Waals surface area contributed by atoms with Gasteiger partial charge in [0.2, 0.25) is 0 Å². The Bertz CT molecular complexity index is 383. The summed E-state index contributed by atoms with van der Waals surface area (Å²) in [7, 11) is 0. The van der Waals surface area contributed by atoms with Crippen LogP contribution in [0.25, 0.3) is 0 Å². The molecule has 0 bridgehead atoms. The summed E-state index contributed by atoms with van der Waals surface area (Å²) < 4.78 is 13.0. The highest BCUT2D eigenvalue weighted by atomic mass is 19.1. The van der Waals surface area contributed by atoms with Gasteiger partial charge >= 0.3 is 5.97 Å². The molecule has 1 rings (SSSR count). The minimum atomic E-state index is -0.845. The molecule has 2 nitrogen and oxygen atoms in total. The summed E-state index contributed by atoms with van der Waals surface area (Å²) in [5, 5.41) is 8.76. The number of aliphatic carboxylic acids is 1. The molecule has 0 atom stereocenters. The summed E-state index contributed by atoms with van der Waals surface area (Å²) in [6, 6.07) is 4.73. The molecule has 1 aromatic carbocycles. The van der Waals surface area contributed by atoms with E-state index in [0.29, 0.717) is 5.56 Å². The molecule has 0 aliphatic heterocycles. The van der Waals surface area contributed by atoms with Gasteiger partial charge in [-0.05, 0) is 24.1 Å². The maximum Gasteiger partial charge on any atom is 0.304 e. The van der Waals surface area contributed by atoms with Crippen LogP contribution in [0.15, 0.2) is 18.2 Å². The highest BCUT2D eigenvalue weighted by molar-refractivity contribution is 5.68. The van der Waals surface area contributed by atoms with E-state index in [4.69, 9.17) is 5.11 Å². The lowest BCUT2D eigenvalue weighted by molar-refractivity contribution is -0.138. The largest absolute Gasteiger partial charge is 0.481 e. The maximum atomic E-state index is 13.0. The topological polar surface area (TPSA) is 37.3 Å². The Hall–Kier alpha value is -1.38. The number of hydrogen-bond acceptors (Lipinski definition) is 1. The zero-order chi connectivity index (χ0) is 11.6. The third-order valence-electron chi connectivity index (χ3n) is 2.53. The third-order valence-corrected chi connectivity index (χ3v) is 2.53. The molecule has 0 saturated carbocycles. The second-order valence-corrected chi connectivity index (χ2v) is 4.42. The van der Waals surface area contributed by atoms with Crippen molar-refractivity contribution in [1.29, 1.82) is 0 Å². The molecule has 0 spiro atoms. The van der Waals surface area contributed by atoms with Crippen LogP contribution in [0, 0.1) is 12.7 Å². The van der Waals surface area contributed by atoms with Crippen molar-refractivity contribution in [2.75, 3.05) is 0 Å². The van der Waals surface area contributed by atoms with Gasteiger partial charge in [-0.15, -0.1) is 0 Å². The van der Waals surface area contributed by atoms with Crippen molar-refractivity contribution in [2.24, 2.45) is 0 Å². The van der Waals surface area contributed by atoms with Crippen LogP contribution in [0.1, 0.15) is 31.4 Å². The summed E-state index contributed by atoms with van der Waals surface area (Å²) in [6.45, 7) is 5.36. The van der Waals surface area contributed by atoms with Crippen LogP contribution in [0.5, 0.6) is 0 Å². The number of benzene rings is 1. The summed E-state index contributed by atoms with van der Waals surface area (Å²) in [5.74, 6) is -1.10.